The molecule has 0 radical (unpaired) electrons. The Morgan fingerprint density at radius 3 is 2.06 bits per heavy atom. The molecule has 18 N–H and O–H groups in total. The fourth-order valence-electron chi connectivity index (χ4n) is 8.44. The van der Waals surface area contributed by atoms with Gasteiger partial charge >= 0.3 is 5.97 Å². The molecule has 0 unspecified atom stereocenters. The standard InChI is InChI=1S/C50H69N17O10/c1-29(68)60-34(16-9-19-57-49(51)52)42(70)61-35-15-7-8-18-56-41(69)25-39(48(76)77)65-46(74)38(24-31-26-59-33-14-6-5-13-32(31)33)64-43(71)36(17-10-20-58-50(53)54)62-45(73)37(23-30-11-3-2-4-12-30)63-47(75)40(66-44(35)72)27-67-22-21-55-28-67/h2-6,11-14,21-22,26,28,34-40,59H,7-10,15-20,23-25,27H2,1H3,(H,56,69)(H,60,68)(H,61,70)(H,62,73)(H,63,75)(H,64,71)(H,65,74)(H,66,72)(H,76,77)(H4,51,52,57)(H4,53,54,58)/t34-,35-,36-,37+,38-,39-,40-/m0/s1. The fraction of sp³-hybridized carbons (Fsp3) is 0.440. The number of guanidine groups is 2. The van der Waals surface area contributed by atoms with E-state index in [1.165, 1.54) is 24.0 Å². The topological polar surface area (TPSA) is 433 Å². The molecule has 27 heteroatoms. The second kappa shape index (κ2) is 29.7. The van der Waals surface area contributed by atoms with Gasteiger partial charge in [-0.3, -0.25) is 48.3 Å². The van der Waals surface area contributed by atoms with E-state index >= 15 is 0 Å². The van der Waals surface area contributed by atoms with Crippen molar-refractivity contribution in [1.82, 2.24) is 57.1 Å². The summed E-state index contributed by atoms with van der Waals surface area (Å²) in [6, 6.07) is 5.83. The van der Waals surface area contributed by atoms with Crippen molar-refractivity contribution in [2.45, 2.75) is 120 Å². The zero-order chi connectivity index (χ0) is 55.9. The molecular formula is C50H69N17O10. The Bertz CT molecular complexity index is 2720. The summed E-state index contributed by atoms with van der Waals surface area (Å²) in [5, 5.41) is 32.2. The minimum absolute atomic E-state index is 0.0260. The van der Waals surface area contributed by atoms with E-state index in [9.17, 15) is 48.3 Å². The predicted molar refractivity (Wildman–Crippen MR) is 282 cm³/mol. The van der Waals surface area contributed by atoms with E-state index in [2.05, 4.69) is 62.5 Å². The number of carbonyl (C=O) groups excluding carboxylic acids is 8. The molecular weight excluding hydrogens is 999 g/mol. The highest BCUT2D eigenvalue weighted by Crippen LogP contribution is 2.20. The van der Waals surface area contributed by atoms with Crippen LogP contribution in [0.2, 0.25) is 0 Å². The number of para-hydroxylation sites is 1. The van der Waals surface area contributed by atoms with E-state index in [1.54, 1.807) is 67.0 Å². The summed E-state index contributed by atoms with van der Waals surface area (Å²) in [6.07, 6.45) is 5.71. The number of nitrogens with one attached hydrogen (secondary N) is 9. The molecule has 1 aliphatic rings. The number of carbonyl (C=O) groups is 9. The third kappa shape index (κ3) is 19.6. The normalized spacial score (nSPS) is 20.8. The smallest absolute Gasteiger partial charge is 0.326 e. The lowest BCUT2D eigenvalue weighted by Crippen LogP contribution is -2.61. The van der Waals surface area contributed by atoms with Crippen molar-refractivity contribution in [3.63, 3.8) is 0 Å². The van der Waals surface area contributed by atoms with Gasteiger partial charge in [0.25, 0.3) is 0 Å². The summed E-state index contributed by atoms with van der Waals surface area (Å²) >= 11 is 0. The van der Waals surface area contributed by atoms with Crippen LogP contribution in [-0.2, 0) is 62.5 Å². The second-order valence-electron chi connectivity index (χ2n) is 18.4. The fourth-order valence-corrected chi connectivity index (χ4v) is 8.44. The van der Waals surface area contributed by atoms with Crippen molar-refractivity contribution in [1.29, 1.82) is 0 Å². The number of aliphatic imine (C=N–C) groups is 2. The minimum atomic E-state index is -1.77. The average Bonchev–Trinajstić information content (AvgIpc) is 4.07. The molecule has 2 aromatic heterocycles. The van der Waals surface area contributed by atoms with Crippen LogP contribution < -0.4 is 65.5 Å². The van der Waals surface area contributed by atoms with E-state index in [-0.39, 0.29) is 95.9 Å². The molecule has 27 nitrogen and oxygen atoms in total. The molecule has 2 aromatic carbocycles. The van der Waals surface area contributed by atoms with E-state index in [0.717, 1.165) is 5.52 Å². The summed E-state index contributed by atoms with van der Waals surface area (Å²) in [5.41, 5.74) is 23.9. The number of aromatic amines is 1. The first-order valence-electron chi connectivity index (χ1n) is 25.1. The lowest BCUT2D eigenvalue weighted by molar-refractivity contribution is -0.144. The largest absolute Gasteiger partial charge is 0.480 e. The highest BCUT2D eigenvalue weighted by atomic mass is 16.4. The lowest BCUT2D eigenvalue weighted by atomic mass is 10.0. The maximum atomic E-state index is 14.7. The number of nitrogens with two attached hydrogens (primary N) is 4. The van der Waals surface area contributed by atoms with Crippen molar-refractivity contribution in [3.8, 4) is 0 Å². The van der Waals surface area contributed by atoms with Crippen LogP contribution in [0.5, 0.6) is 0 Å². The van der Waals surface area contributed by atoms with Crippen molar-refractivity contribution >= 4 is 76.0 Å². The van der Waals surface area contributed by atoms with Crippen molar-refractivity contribution in [2.24, 2.45) is 32.9 Å². The van der Waals surface area contributed by atoms with Crippen LogP contribution >= 0.6 is 0 Å². The Kier molecular flexibility index (Phi) is 22.7. The first-order valence-corrected chi connectivity index (χ1v) is 25.1. The van der Waals surface area contributed by atoms with Crippen LogP contribution in [0, 0.1) is 0 Å². The third-order valence-corrected chi connectivity index (χ3v) is 12.3. The maximum absolute atomic E-state index is 14.7. The Balaban J connectivity index is 1.54. The van der Waals surface area contributed by atoms with Gasteiger partial charge in [0.2, 0.25) is 47.3 Å². The summed E-state index contributed by atoms with van der Waals surface area (Å²) in [7, 11) is 0. The number of fused-ring (bicyclic) bond motifs is 1. The molecule has 1 aliphatic heterocycles. The van der Waals surface area contributed by atoms with Gasteiger partial charge in [-0.2, -0.15) is 0 Å². The number of hydrogen-bond acceptors (Lipinski definition) is 12. The highest BCUT2D eigenvalue weighted by Gasteiger charge is 2.35. The van der Waals surface area contributed by atoms with E-state index < -0.39 is 102 Å². The molecule has 1 saturated heterocycles. The number of aromatic nitrogens is 3. The quantitative estimate of drug-likeness (QED) is 0.0271. The molecule has 5 rings (SSSR count). The first kappa shape index (κ1) is 58.8. The molecule has 0 spiro atoms. The van der Waals surface area contributed by atoms with Crippen LogP contribution in [-0.4, -0.2) is 147 Å². The number of nitrogens with zero attached hydrogens (tertiary/aromatic N) is 4. The van der Waals surface area contributed by atoms with Gasteiger partial charge in [-0.1, -0.05) is 48.5 Å². The number of carboxylic acid groups (broad SMARTS) is 1. The van der Waals surface area contributed by atoms with Crippen LogP contribution in [0.25, 0.3) is 10.9 Å². The summed E-state index contributed by atoms with van der Waals surface area (Å²) in [5.74, 6) is -8.32. The van der Waals surface area contributed by atoms with Gasteiger partial charge in [0.1, 0.15) is 42.3 Å². The Labute approximate surface area is 443 Å². The summed E-state index contributed by atoms with van der Waals surface area (Å²) in [6.45, 7) is 1.14. The zero-order valence-electron chi connectivity index (χ0n) is 42.7. The maximum Gasteiger partial charge on any atom is 0.326 e. The highest BCUT2D eigenvalue weighted by molar-refractivity contribution is 5.98. The molecule has 414 valence electrons. The minimum Gasteiger partial charge on any atom is -0.480 e. The van der Waals surface area contributed by atoms with Gasteiger partial charge in [0, 0.05) is 68.9 Å². The summed E-state index contributed by atoms with van der Waals surface area (Å²) in [4.78, 5) is 140. The summed E-state index contributed by atoms with van der Waals surface area (Å²) < 4.78 is 1.51. The molecule has 8 amide bonds. The predicted octanol–water partition coefficient (Wildman–Crippen LogP) is -2.85. The number of rotatable bonds is 18. The van der Waals surface area contributed by atoms with Crippen molar-refractivity contribution in [2.75, 3.05) is 19.6 Å². The van der Waals surface area contributed by atoms with E-state index in [1.807, 2.05) is 0 Å². The second-order valence-corrected chi connectivity index (χ2v) is 18.4. The van der Waals surface area contributed by atoms with Crippen molar-refractivity contribution in [3.05, 3.63) is 90.6 Å². The number of benzene rings is 2. The first-order chi connectivity index (χ1) is 36.9. The number of hydrogen-bond donors (Lipinski definition) is 14. The monoisotopic (exact) mass is 1070 g/mol. The number of amides is 8. The van der Waals surface area contributed by atoms with Gasteiger partial charge in [-0.05, 0) is 62.1 Å². The molecule has 0 bridgehead atoms. The molecule has 4 aromatic rings. The number of aliphatic carboxylic acids is 1. The Morgan fingerprint density at radius 1 is 0.766 bits per heavy atom. The third-order valence-electron chi connectivity index (χ3n) is 12.3. The average molecular weight is 1070 g/mol. The van der Waals surface area contributed by atoms with Crippen LogP contribution in [0.1, 0.15) is 69.4 Å². The molecule has 7 atom stereocenters. The lowest BCUT2D eigenvalue weighted by Gasteiger charge is -2.28. The van der Waals surface area contributed by atoms with Gasteiger partial charge < -0.3 is 80.1 Å². The van der Waals surface area contributed by atoms with Gasteiger partial charge in [-0.25, -0.2) is 9.78 Å². The van der Waals surface area contributed by atoms with E-state index in [0.29, 0.717) is 16.5 Å². The Morgan fingerprint density at radius 2 is 1.39 bits per heavy atom. The number of carboxylic acids is 1. The van der Waals surface area contributed by atoms with Gasteiger partial charge in [-0.15, -0.1) is 0 Å². The molecule has 0 saturated carbocycles. The van der Waals surface area contributed by atoms with Crippen LogP contribution in [0.15, 0.2) is 89.5 Å². The van der Waals surface area contributed by atoms with E-state index in [4.69, 9.17) is 22.9 Å². The molecule has 3 heterocycles. The number of imidazole rings is 1. The molecule has 0 aliphatic carbocycles. The molecule has 1 fully saturated rings. The van der Waals surface area contributed by atoms with Crippen molar-refractivity contribution < 1.29 is 48.3 Å². The van der Waals surface area contributed by atoms with Crippen LogP contribution in [0.3, 0.4) is 0 Å². The van der Waals surface area contributed by atoms with Gasteiger partial charge in [0.05, 0.1) is 19.3 Å². The molecule has 77 heavy (non-hydrogen) atoms. The zero-order valence-corrected chi connectivity index (χ0v) is 42.7. The SMILES string of the molecule is CC(=O)N[C@@H](CCCN=C(N)N)C(=O)N[C@H]1CCCCNC(=O)C[C@@H](C(=O)O)NC(=O)[C@H](Cc2c[nH]c3ccccc23)NC(=O)[C@H](CCCN=C(N)N)NC(=O)[C@@H](Cc2ccccc2)NC(=O)[C@H](Cn2ccnc2)NC1=O. The van der Waals surface area contributed by atoms with Crippen LogP contribution in [0.4, 0.5) is 0 Å². The number of H-pyrrole nitrogens is 1. The Hall–Kier alpha value is -9.04. The van der Waals surface area contributed by atoms with Gasteiger partial charge in [0.15, 0.2) is 11.9 Å².